The maximum atomic E-state index is 12.8. The Morgan fingerprint density at radius 1 is 0.912 bits per heavy atom. The number of hydrogen-bond donors (Lipinski definition) is 0. The van der Waals surface area contributed by atoms with E-state index in [1.54, 1.807) is 24.0 Å². The van der Waals surface area contributed by atoms with E-state index < -0.39 is 13.0 Å². The normalized spacial score (nSPS) is 13.9. The zero-order valence-corrected chi connectivity index (χ0v) is 23.6. The van der Waals surface area contributed by atoms with Crippen LogP contribution in [0.4, 0.5) is 0 Å². The van der Waals surface area contributed by atoms with Gasteiger partial charge in [0.2, 0.25) is 7.37 Å². The van der Waals surface area contributed by atoms with Crippen molar-refractivity contribution < 1.29 is 28.4 Å². The molecule has 0 rings (SSSR count). The molecule has 1 unspecified atom stereocenters. The van der Waals surface area contributed by atoms with Gasteiger partial charge in [-0.15, -0.1) is 0 Å². The van der Waals surface area contributed by atoms with Gasteiger partial charge in [-0.3, -0.25) is 14.3 Å². The first-order valence-corrected chi connectivity index (χ1v) is 14.1. The van der Waals surface area contributed by atoms with Crippen LogP contribution in [0.25, 0.3) is 0 Å². The summed E-state index contributed by atoms with van der Waals surface area (Å²) in [5.41, 5.74) is -0.911. The molecule has 0 aliphatic heterocycles. The smallest absolute Gasteiger partial charge is 0.326 e. The second-order valence-electron chi connectivity index (χ2n) is 10.2. The average molecular weight is 506 g/mol. The molecule has 0 N–H and O–H groups in total. The van der Waals surface area contributed by atoms with Crippen molar-refractivity contribution in [3.05, 3.63) is 25.6 Å². The second kappa shape index (κ2) is 15.6. The molecule has 0 aromatic carbocycles. The zero-order valence-electron chi connectivity index (χ0n) is 22.7. The van der Waals surface area contributed by atoms with E-state index in [-0.39, 0.29) is 18.1 Å². The van der Waals surface area contributed by atoms with Crippen molar-refractivity contribution in [3.63, 3.8) is 0 Å². The largest absolute Gasteiger partial charge is 0.459 e. The molecule has 1 atom stereocenters. The molecule has 0 aliphatic rings. The Hall–Kier alpha value is -1.38. The molecule has 0 aromatic heterocycles. The van der Waals surface area contributed by atoms with Crippen LogP contribution in [0.5, 0.6) is 0 Å². The van der Waals surface area contributed by atoms with E-state index in [0.717, 1.165) is 0 Å². The molecule has 0 saturated heterocycles. The predicted octanol–water partition coefficient (Wildman–Crippen LogP) is 4.17. The van der Waals surface area contributed by atoms with Crippen molar-refractivity contribution in [1.82, 2.24) is 14.7 Å². The van der Waals surface area contributed by atoms with Gasteiger partial charge in [0.25, 0.3) is 0 Å². The van der Waals surface area contributed by atoms with Crippen LogP contribution < -0.4 is 0 Å². The number of carbonyl (C=O) groups is 1. The number of nitrogens with zero attached hydrogens (tertiary/aromatic N) is 3. The molecule has 0 aliphatic carbocycles. The maximum absolute atomic E-state index is 12.8. The van der Waals surface area contributed by atoms with Crippen LogP contribution in [-0.2, 0) is 28.4 Å². The molecule has 9 nitrogen and oxygen atoms in total. The van der Waals surface area contributed by atoms with Crippen LogP contribution in [0.3, 0.4) is 0 Å². The minimum atomic E-state index is -2.78. The van der Waals surface area contributed by atoms with Crippen molar-refractivity contribution >= 4 is 13.3 Å². The fraction of sp³-hybridized carbons (Fsp3) is 0.792. The third kappa shape index (κ3) is 18.0. The molecule has 0 spiro atoms. The molecule has 0 amide bonds. The summed E-state index contributed by atoms with van der Waals surface area (Å²) in [5, 5.41) is 0. The predicted molar refractivity (Wildman–Crippen MR) is 138 cm³/mol. The number of rotatable bonds is 18. The number of ether oxygens (including phenoxy) is 1. The van der Waals surface area contributed by atoms with Crippen molar-refractivity contribution in [2.24, 2.45) is 0 Å². The molecule has 34 heavy (non-hydrogen) atoms. The average Bonchev–Trinajstić information content (AvgIpc) is 2.67. The summed E-state index contributed by atoms with van der Waals surface area (Å²) in [6.07, 6.45) is 3.69. The van der Waals surface area contributed by atoms with Crippen LogP contribution in [0, 0.1) is 0 Å². The molecular formula is C24H48N3O6P. The van der Waals surface area contributed by atoms with Crippen molar-refractivity contribution in [3.8, 4) is 0 Å². The highest BCUT2D eigenvalue weighted by molar-refractivity contribution is 7.58. The molecule has 0 saturated carbocycles. The molecule has 0 bridgehead atoms. The zero-order chi connectivity index (χ0) is 26.4. The van der Waals surface area contributed by atoms with E-state index in [1.165, 1.54) is 0 Å². The Kier molecular flexibility index (Phi) is 14.9. The Bertz CT molecular complexity index is 660. The summed E-state index contributed by atoms with van der Waals surface area (Å²) in [6.45, 7) is 26.4. The Morgan fingerprint density at radius 2 is 1.47 bits per heavy atom. The summed E-state index contributed by atoms with van der Waals surface area (Å²) in [4.78, 5) is 28.7. The van der Waals surface area contributed by atoms with E-state index in [1.807, 2.05) is 53.4 Å². The van der Waals surface area contributed by atoms with Gasteiger partial charge in [-0.2, -0.15) is 0 Å². The van der Waals surface area contributed by atoms with Gasteiger partial charge in [-0.1, -0.05) is 13.2 Å². The quantitative estimate of drug-likeness (QED) is 0.0896. The Labute approximate surface area is 207 Å². The van der Waals surface area contributed by atoms with Gasteiger partial charge in [0, 0.05) is 39.4 Å². The third-order valence-corrected chi connectivity index (χ3v) is 6.02. The van der Waals surface area contributed by atoms with Gasteiger partial charge in [0.05, 0.1) is 25.1 Å². The molecule has 10 heteroatoms. The monoisotopic (exact) mass is 505 g/mol. The highest BCUT2D eigenvalue weighted by Gasteiger charge is 2.22. The standard InChI is InChI=1S/C24H48N3O6P/c1-11-25(18-19-30-33-24(7,8)9)14-16-27(21-34(10,29)31-13-3)17-15-26(12-2)20-22(28)32-23(4,5)6/h11-12H,1-2,13-21H2,3-10H3. The minimum Gasteiger partial charge on any atom is -0.459 e. The van der Waals surface area contributed by atoms with Crippen molar-refractivity contribution in [2.45, 2.75) is 59.7 Å². The van der Waals surface area contributed by atoms with Crippen LogP contribution >= 0.6 is 7.37 Å². The first-order chi connectivity index (χ1) is 15.6. The molecule has 0 aromatic rings. The fourth-order valence-electron chi connectivity index (χ4n) is 2.91. The Balaban J connectivity index is 4.95. The van der Waals surface area contributed by atoms with Gasteiger partial charge in [0.1, 0.15) is 12.1 Å². The lowest BCUT2D eigenvalue weighted by molar-refractivity contribution is -0.348. The molecule has 200 valence electrons. The van der Waals surface area contributed by atoms with E-state index in [4.69, 9.17) is 19.0 Å². The highest BCUT2D eigenvalue weighted by Crippen LogP contribution is 2.42. The maximum Gasteiger partial charge on any atom is 0.326 e. The van der Waals surface area contributed by atoms with E-state index >= 15 is 0 Å². The number of esters is 1. The first-order valence-electron chi connectivity index (χ1n) is 11.8. The minimum absolute atomic E-state index is 0.105. The van der Waals surface area contributed by atoms with E-state index in [0.29, 0.717) is 52.2 Å². The first kappa shape index (κ1) is 32.6. The molecule has 0 fully saturated rings. The van der Waals surface area contributed by atoms with Crippen LogP contribution in [0.1, 0.15) is 48.5 Å². The van der Waals surface area contributed by atoms with E-state index in [9.17, 15) is 9.36 Å². The van der Waals surface area contributed by atoms with Gasteiger partial charge in [-0.05, 0) is 60.9 Å². The third-order valence-electron chi connectivity index (χ3n) is 4.31. The summed E-state index contributed by atoms with van der Waals surface area (Å²) >= 11 is 0. The van der Waals surface area contributed by atoms with Crippen LogP contribution in [0.15, 0.2) is 25.6 Å². The summed E-state index contributed by atoms with van der Waals surface area (Å²) in [7, 11) is -2.78. The van der Waals surface area contributed by atoms with Gasteiger partial charge in [-0.25, -0.2) is 9.78 Å². The summed E-state index contributed by atoms with van der Waals surface area (Å²) in [5.74, 6) is -0.315. The highest BCUT2D eigenvalue weighted by atomic mass is 31.2. The fourth-order valence-corrected chi connectivity index (χ4v) is 4.55. The van der Waals surface area contributed by atoms with Crippen molar-refractivity contribution in [2.75, 3.05) is 65.4 Å². The summed E-state index contributed by atoms with van der Waals surface area (Å²) in [6, 6.07) is 0. The number of carbonyl (C=O) groups excluding carboxylic acids is 1. The second-order valence-corrected chi connectivity index (χ2v) is 12.7. The van der Waals surface area contributed by atoms with Gasteiger partial charge in [0.15, 0.2) is 0 Å². The van der Waals surface area contributed by atoms with Crippen LogP contribution in [0.2, 0.25) is 0 Å². The lowest BCUT2D eigenvalue weighted by atomic mass is 10.2. The molecular weight excluding hydrogens is 457 g/mol. The lowest BCUT2D eigenvalue weighted by Gasteiger charge is -2.31. The Morgan fingerprint density at radius 3 is 1.94 bits per heavy atom. The number of hydrogen-bond acceptors (Lipinski definition) is 9. The SMILES string of the molecule is C=CN(CCOOC(C)(C)C)CCN(CCN(C=C)CC(=O)OC(C)(C)C)CP(C)(=O)OCC. The molecule has 0 radical (unpaired) electrons. The van der Waals surface area contributed by atoms with E-state index in [2.05, 4.69) is 18.1 Å². The van der Waals surface area contributed by atoms with Gasteiger partial charge >= 0.3 is 5.97 Å². The van der Waals surface area contributed by atoms with Crippen LogP contribution in [-0.4, -0.2) is 97.3 Å². The topological polar surface area (TPSA) is 80.8 Å². The van der Waals surface area contributed by atoms with Crippen molar-refractivity contribution in [1.29, 1.82) is 0 Å². The lowest BCUT2D eigenvalue weighted by Crippen LogP contribution is -2.40. The summed E-state index contributed by atoms with van der Waals surface area (Å²) < 4.78 is 23.7. The molecule has 0 heterocycles. The van der Waals surface area contributed by atoms with Gasteiger partial charge < -0.3 is 19.1 Å².